The molecule has 0 aromatic rings. The fourth-order valence-corrected chi connectivity index (χ4v) is 3.26. The number of rotatable bonds is 8. The van der Waals surface area contributed by atoms with E-state index in [0.29, 0.717) is 19.1 Å². The number of amides is 3. The number of guanidine groups is 1. The maximum atomic E-state index is 11.5. The number of nitrogens with zero attached hydrogens (tertiary/aromatic N) is 3. The Morgan fingerprint density at radius 1 is 1.27 bits per heavy atom. The van der Waals surface area contributed by atoms with Gasteiger partial charge in [-0.1, -0.05) is 6.42 Å². The number of likely N-dealkylation sites (tertiary alicyclic amines) is 1. The highest BCUT2D eigenvalue weighted by Gasteiger charge is 2.27. The third-order valence-corrected chi connectivity index (χ3v) is 4.72. The molecule has 1 unspecified atom stereocenters. The van der Waals surface area contributed by atoms with Crippen LogP contribution in [-0.4, -0.2) is 79.6 Å². The average Bonchev–Trinajstić information content (AvgIpc) is 2.92. The van der Waals surface area contributed by atoms with Crippen molar-refractivity contribution in [2.24, 2.45) is 4.99 Å². The molecule has 0 radical (unpaired) electrons. The molecule has 2 heterocycles. The molecule has 0 saturated carbocycles. The number of urea groups is 1. The Morgan fingerprint density at radius 3 is 2.73 bits per heavy atom. The standard InChI is InChI=1S/C17H32N6O2.HI/c1-3-18-16(20-9-12-23-15(24)13-21-17(23)25)19-8-6-11-22-10-5-4-7-14(22)2;/h14H,3-13H2,1-2H3,(H,21,25)(H2,18,19,20);1H. The van der Waals surface area contributed by atoms with Crippen LogP contribution >= 0.6 is 24.0 Å². The minimum atomic E-state index is -0.315. The lowest BCUT2D eigenvalue weighted by atomic mass is 10.0. The summed E-state index contributed by atoms with van der Waals surface area (Å²) in [5.74, 6) is 0.561. The van der Waals surface area contributed by atoms with Gasteiger partial charge in [0, 0.05) is 38.8 Å². The van der Waals surface area contributed by atoms with E-state index in [9.17, 15) is 9.59 Å². The lowest BCUT2D eigenvalue weighted by Gasteiger charge is -2.33. The van der Waals surface area contributed by atoms with Gasteiger partial charge in [-0.05, 0) is 39.7 Å². The molecule has 2 aliphatic heterocycles. The van der Waals surface area contributed by atoms with Crippen LogP contribution in [0.4, 0.5) is 4.79 Å². The van der Waals surface area contributed by atoms with Gasteiger partial charge in [0.2, 0.25) is 5.91 Å². The molecule has 0 aliphatic carbocycles. The predicted octanol–water partition coefficient (Wildman–Crippen LogP) is 0.976. The van der Waals surface area contributed by atoms with Crippen LogP contribution in [0, 0.1) is 0 Å². The molecule has 2 rings (SSSR count). The number of hydrogen-bond donors (Lipinski definition) is 3. The van der Waals surface area contributed by atoms with E-state index in [1.165, 1.54) is 30.7 Å². The summed E-state index contributed by atoms with van der Waals surface area (Å²) in [6.45, 7) is 9.10. The lowest BCUT2D eigenvalue weighted by molar-refractivity contribution is -0.124. The van der Waals surface area contributed by atoms with Gasteiger partial charge in [-0.3, -0.25) is 14.7 Å². The summed E-state index contributed by atoms with van der Waals surface area (Å²) < 4.78 is 0. The number of aliphatic imine (C=N–C) groups is 1. The highest BCUT2D eigenvalue weighted by atomic mass is 127. The summed E-state index contributed by atoms with van der Waals surface area (Å²) in [6, 6.07) is 0.373. The van der Waals surface area contributed by atoms with Crippen molar-refractivity contribution in [1.82, 2.24) is 25.8 Å². The van der Waals surface area contributed by atoms with E-state index in [-0.39, 0.29) is 42.5 Å². The smallest absolute Gasteiger partial charge is 0.324 e. The number of carbonyl (C=O) groups is 2. The Kier molecular flexibility index (Phi) is 10.9. The van der Waals surface area contributed by atoms with Crippen LogP contribution in [0.5, 0.6) is 0 Å². The fraction of sp³-hybridized carbons (Fsp3) is 0.824. The van der Waals surface area contributed by atoms with Gasteiger partial charge in [-0.25, -0.2) is 4.79 Å². The summed E-state index contributed by atoms with van der Waals surface area (Å²) in [4.78, 5) is 31.4. The SMILES string of the molecule is CCNC(=NCCCN1CCCCC1C)NCCN1C(=O)CNC1=O.I. The van der Waals surface area contributed by atoms with Gasteiger partial charge in [0.15, 0.2) is 5.96 Å². The van der Waals surface area contributed by atoms with Crippen molar-refractivity contribution in [3.05, 3.63) is 0 Å². The van der Waals surface area contributed by atoms with Gasteiger partial charge in [-0.2, -0.15) is 0 Å². The van der Waals surface area contributed by atoms with Crippen molar-refractivity contribution in [3.63, 3.8) is 0 Å². The zero-order valence-corrected chi connectivity index (χ0v) is 18.3. The predicted molar refractivity (Wildman–Crippen MR) is 114 cm³/mol. The Labute approximate surface area is 173 Å². The van der Waals surface area contributed by atoms with Crippen LogP contribution in [0.1, 0.15) is 39.5 Å². The van der Waals surface area contributed by atoms with E-state index >= 15 is 0 Å². The van der Waals surface area contributed by atoms with Crippen molar-refractivity contribution in [3.8, 4) is 0 Å². The maximum Gasteiger partial charge on any atom is 0.324 e. The van der Waals surface area contributed by atoms with Gasteiger partial charge in [0.05, 0.1) is 6.54 Å². The first-order valence-electron chi connectivity index (χ1n) is 9.46. The van der Waals surface area contributed by atoms with Crippen LogP contribution in [0.2, 0.25) is 0 Å². The maximum absolute atomic E-state index is 11.5. The third-order valence-electron chi connectivity index (χ3n) is 4.72. The molecule has 1 atom stereocenters. The summed E-state index contributed by atoms with van der Waals surface area (Å²) in [5.41, 5.74) is 0. The van der Waals surface area contributed by atoms with Crippen LogP contribution in [0.3, 0.4) is 0 Å². The van der Waals surface area contributed by atoms with Gasteiger partial charge < -0.3 is 20.9 Å². The van der Waals surface area contributed by atoms with E-state index in [4.69, 9.17) is 0 Å². The fourth-order valence-electron chi connectivity index (χ4n) is 3.26. The molecule has 3 N–H and O–H groups in total. The molecule has 2 aliphatic rings. The Balaban J connectivity index is 0.00000338. The molecule has 8 nitrogen and oxygen atoms in total. The van der Waals surface area contributed by atoms with Crippen LogP contribution in [0.25, 0.3) is 0 Å². The normalized spacial score (nSPS) is 21.4. The first-order valence-corrected chi connectivity index (χ1v) is 9.46. The number of piperidine rings is 1. The molecule has 150 valence electrons. The number of halogens is 1. The summed E-state index contributed by atoms with van der Waals surface area (Å²) in [7, 11) is 0. The molecule has 2 fully saturated rings. The molecule has 0 spiro atoms. The average molecular weight is 480 g/mol. The summed E-state index contributed by atoms with van der Waals surface area (Å²) in [5, 5.41) is 8.90. The first-order chi connectivity index (χ1) is 12.1. The first kappa shape index (κ1) is 22.9. The van der Waals surface area contributed by atoms with E-state index in [1.807, 2.05) is 6.92 Å². The van der Waals surface area contributed by atoms with Gasteiger partial charge in [0.25, 0.3) is 0 Å². The minimum absolute atomic E-state index is 0. The number of carbonyl (C=O) groups excluding carboxylic acids is 2. The summed E-state index contributed by atoms with van der Waals surface area (Å²) >= 11 is 0. The Morgan fingerprint density at radius 2 is 2.08 bits per heavy atom. The highest BCUT2D eigenvalue weighted by Crippen LogP contribution is 2.16. The second kappa shape index (κ2) is 12.3. The van der Waals surface area contributed by atoms with Crippen molar-refractivity contribution in [2.45, 2.75) is 45.6 Å². The minimum Gasteiger partial charge on any atom is -0.357 e. The molecule has 0 bridgehead atoms. The third kappa shape index (κ3) is 7.26. The van der Waals surface area contributed by atoms with Crippen molar-refractivity contribution in [1.29, 1.82) is 0 Å². The van der Waals surface area contributed by atoms with Gasteiger partial charge >= 0.3 is 6.03 Å². The molecular formula is C17H33IN6O2. The molecule has 0 aromatic carbocycles. The second-order valence-electron chi connectivity index (χ2n) is 6.63. The number of imide groups is 1. The molecular weight excluding hydrogens is 447 g/mol. The quantitative estimate of drug-likeness (QED) is 0.159. The zero-order valence-electron chi connectivity index (χ0n) is 15.9. The second-order valence-corrected chi connectivity index (χ2v) is 6.63. The highest BCUT2D eigenvalue weighted by molar-refractivity contribution is 14.0. The van der Waals surface area contributed by atoms with Crippen LogP contribution in [-0.2, 0) is 4.79 Å². The molecule has 9 heteroatoms. The van der Waals surface area contributed by atoms with Crippen LogP contribution < -0.4 is 16.0 Å². The number of nitrogens with one attached hydrogen (secondary N) is 3. The topological polar surface area (TPSA) is 89.1 Å². The summed E-state index contributed by atoms with van der Waals surface area (Å²) in [6.07, 6.45) is 4.99. The van der Waals surface area contributed by atoms with E-state index in [0.717, 1.165) is 32.0 Å². The van der Waals surface area contributed by atoms with Gasteiger partial charge in [0.1, 0.15) is 0 Å². The largest absolute Gasteiger partial charge is 0.357 e. The molecule has 26 heavy (non-hydrogen) atoms. The van der Waals surface area contributed by atoms with E-state index in [2.05, 4.69) is 32.8 Å². The van der Waals surface area contributed by atoms with Crippen molar-refractivity contribution in [2.75, 3.05) is 45.8 Å². The van der Waals surface area contributed by atoms with E-state index < -0.39 is 0 Å². The molecule has 2 saturated heterocycles. The van der Waals surface area contributed by atoms with Crippen LogP contribution in [0.15, 0.2) is 4.99 Å². The van der Waals surface area contributed by atoms with E-state index in [1.54, 1.807) is 0 Å². The van der Waals surface area contributed by atoms with Crippen molar-refractivity contribution >= 4 is 41.9 Å². The lowest BCUT2D eigenvalue weighted by Crippen LogP contribution is -2.43. The monoisotopic (exact) mass is 480 g/mol. The van der Waals surface area contributed by atoms with Crippen molar-refractivity contribution < 1.29 is 9.59 Å². The van der Waals surface area contributed by atoms with Gasteiger partial charge in [-0.15, -0.1) is 24.0 Å². The Bertz CT molecular complexity index is 472. The Hall–Kier alpha value is -1.10. The number of hydrogen-bond acceptors (Lipinski definition) is 4. The molecule has 3 amide bonds. The molecule has 0 aromatic heterocycles. The zero-order chi connectivity index (χ0) is 18.1.